The molecule has 0 spiro atoms. The van der Waals surface area contributed by atoms with E-state index in [4.69, 9.17) is 5.26 Å². The number of nitrogens with zero attached hydrogens (tertiary/aromatic N) is 1. The number of hydrogen-bond acceptors (Lipinski definition) is 4. The summed E-state index contributed by atoms with van der Waals surface area (Å²) in [5.41, 5.74) is 1.60. The van der Waals surface area contributed by atoms with Crippen LogP contribution < -0.4 is 5.32 Å². The Morgan fingerprint density at radius 1 is 1.35 bits per heavy atom. The molecule has 5 nitrogen and oxygen atoms in total. The highest BCUT2D eigenvalue weighted by molar-refractivity contribution is 5.77. The Hall–Kier alpha value is -2.35. The number of nitrogens with one attached hydrogen (secondary N) is 1. The zero-order valence-corrected chi connectivity index (χ0v) is 11.7. The van der Waals surface area contributed by atoms with Crippen molar-refractivity contribution in [3.63, 3.8) is 0 Å². The number of esters is 1. The first-order valence-corrected chi connectivity index (χ1v) is 6.40. The average molecular weight is 274 g/mol. The van der Waals surface area contributed by atoms with Gasteiger partial charge in [0.05, 0.1) is 25.2 Å². The summed E-state index contributed by atoms with van der Waals surface area (Å²) < 4.78 is 4.54. The van der Waals surface area contributed by atoms with Crippen LogP contribution in [-0.2, 0) is 20.7 Å². The van der Waals surface area contributed by atoms with Gasteiger partial charge in [-0.25, -0.2) is 0 Å². The molecule has 1 unspecified atom stereocenters. The van der Waals surface area contributed by atoms with Gasteiger partial charge in [0.15, 0.2) is 0 Å². The van der Waals surface area contributed by atoms with Gasteiger partial charge < -0.3 is 10.1 Å². The molecule has 1 aromatic carbocycles. The SMILES string of the molecule is COC(=O)CC(C)NC(=O)CCc1ccc(C#N)cc1. The van der Waals surface area contributed by atoms with Crippen LogP contribution in [0.1, 0.15) is 30.9 Å². The summed E-state index contributed by atoms with van der Waals surface area (Å²) in [5, 5.41) is 11.4. The van der Waals surface area contributed by atoms with E-state index in [-0.39, 0.29) is 24.3 Å². The molecule has 1 atom stereocenters. The van der Waals surface area contributed by atoms with Crippen molar-refractivity contribution in [3.8, 4) is 6.07 Å². The van der Waals surface area contributed by atoms with E-state index in [2.05, 4.69) is 10.1 Å². The van der Waals surface area contributed by atoms with Crippen molar-refractivity contribution in [3.05, 3.63) is 35.4 Å². The molecule has 5 heteroatoms. The summed E-state index contributed by atoms with van der Waals surface area (Å²) in [6.45, 7) is 1.76. The largest absolute Gasteiger partial charge is 0.469 e. The molecular weight excluding hydrogens is 256 g/mol. The number of hydrogen-bond donors (Lipinski definition) is 1. The highest BCUT2D eigenvalue weighted by Crippen LogP contribution is 2.06. The lowest BCUT2D eigenvalue weighted by atomic mass is 10.1. The molecule has 20 heavy (non-hydrogen) atoms. The molecule has 0 aliphatic heterocycles. The Morgan fingerprint density at radius 2 is 2.00 bits per heavy atom. The van der Waals surface area contributed by atoms with E-state index in [1.807, 2.05) is 18.2 Å². The second kappa shape index (κ2) is 7.95. The van der Waals surface area contributed by atoms with E-state index < -0.39 is 0 Å². The van der Waals surface area contributed by atoms with Crippen LogP contribution >= 0.6 is 0 Å². The molecule has 0 radical (unpaired) electrons. The van der Waals surface area contributed by atoms with E-state index in [1.165, 1.54) is 7.11 Å². The van der Waals surface area contributed by atoms with Crippen molar-refractivity contribution in [1.29, 1.82) is 5.26 Å². The van der Waals surface area contributed by atoms with Crippen molar-refractivity contribution < 1.29 is 14.3 Å². The van der Waals surface area contributed by atoms with Crippen LogP contribution in [0.2, 0.25) is 0 Å². The molecule has 1 aromatic rings. The van der Waals surface area contributed by atoms with Crippen LogP contribution in [0, 0.1) is 11.3 Å². The van der Waals surface area contributed by atoms with Gasteiger partial charge in [0.1, 0.15) is 0 Å². The molecule has 106 valence electrons. The lowest BCUT2D eigenvalue weighted by Gasteiger charge is -2.12. The van der Waals surface area contributed by atoms with Crippen LogP contribution in [-0.4, -0.2) is 25.0 Å². The predicted octanol–water partition coefficient (Wildman–Crippen LogP) is 1.56. The van der Waals surface area contributed by atoms with Crippen LogP contribution in [0.5, 0.6) is 0 Å². The maximum atomic E-state index is 11.7. The highest BCUT2D eigenvalue weighted by atomic mass is 16.5. The number of amides is 1. The Bertz CT molecular complexity index is 503. The van der Waals surface area contributed by atoms with Crippen molar-refractivity contribution in [2.75, 3.05) is 7.11 Å². The number of benzene rings is 1. The Balaban J connectivity index is 2.35. The lowest BCUT2D eigenvalue weighted by Crippen LogP contribution is -2.34. The summed E-state index contributed by atoms with van der Waals surface area (Å²) in [5.74, 6) is -0.448. The third kappa shape index (κ3) is 5.53. The lowest BCUT2D eigenvalue weighted by molar-refractivity contribution is -0.141. The van der Waals surface area contributed by atoms with Crippen molar-refractivity contribution in [2.24, 2.45) is 0 Å². The van der Waals surface area contributed by atoms with Gasteiger partial charge in [-0.1, -0.05) is 12.1 Å². The van der Waals surface area contributed by atoms with Gasteiger partial charge in [-0.3, -0.25) is 9.59 Å². The Morgan fingerprint density at radius 3 is 2.55 bits per heavy atom. The second-order valence-electron chi connectivity index (χ2n) is 4.56. The molecule has 0 aromatic heterocycles. The summed E-state index contributed by atoms with van der Waals surface area (Å²) in [6.07, 6.45) is 1.11. The van der Waals surface area contributed by atoms with E-state index in [0.29, 0.717) is 18.4 Å². The van der Waals surface area contributed by atoms with Gasteiger partial charge in [0, 0.05) is 12.5 Å². The molecule has 0 saturated heterocycles. The van der Waals surface area contributed by atoms with E-state index in [0.717, 1.165) is 5.56 Å². The monoisotopic (exact) mass is 274 g/mol. The molecule has 1 amide bonds. The fraction of sp³-hybridized carbons (Fsp3) is 0.400. The summed E-state index contributed by atoms with van der Waals surface area (Å²) in [7, 11) is 1.32. The maximum Gasteiger partial charge on any atom is 0.307 e. The molecule has 0 aliphatic rings. The minimum absolute atomic E-state index is 0.106. The average Bonchev–Trinajstić information content (AvgIpc) is 2.45. The van der Waals surface area contributed by atoms with Gasteiger partial charge in [0.25, 0.3) is 0 Å². The van der Waals surface area contributed by atoms with Crippen LogP contribution in [0.25, 0.3) is 0 Å². The van der Waals surface area contributed by atoms with Gasteiger partial charge in [0.2, 0.25) is 5.91 Å². The number of aryl methyl sites for hydroxylation is 1. The second-order valence-corrected chi connectivity index (χ2v) is 4.56. The molecule has 0 aliphatic carbocycles. The quantitative estimate of drug-likeness (QED) is 0.798. The Kier molecular flexibility index (Phi) is 6.24. The van der Waals surface area contributed by atoms with Gasteiger partial charge in [-0.05, 0) is 31.0 Å². The standard InChI is InChI=1S/C15H18N2O3/c1-11(9-15(19)20-2)17-14(18)8-7-12-3-5-13(10-16)6-4-12/h3-6,11H,7-9H2,1-2H3,(H,17,18). The number of carbonyl (C=O) groups excluding carboxylic acids is 2. The molecule has 0 saturated carbocycles. The first-order chi connectivity index (χ1) is 9.55. The van der Waals surface area contributed by atoms with E-state index in [1.54, 1.807) is 19.1 Å². The zero-order valence-electron chi connectivity index (χ0n) is 11.7. The van der Waals surface area contributed by atoms with Crippen LogP contribution in [0.15, 0.2) is 24.3 Å². The minimum Gasteiger partial charge on any atom is -0.469 e. The summed E-state index contributed by atoms with van der Waals surface area (Å²) in [4.78, 5) is 22.7. The van der Waals surface area contributed by atoms with E-state index >= 15 is 0 Å². The van der Waals surface area contributed by atoms with Gasteiger partial charge >= 0.3 is 5.97 Å². The molecular formula is C15H18N2O3. The fourth-order valence-corrected chi connectivity index (χ4v) is 1.74. The molecule has 0 heterocycles. The summed E-state index contributed by atoms with van der Waals surface area (Å²) in [6, 6.07) is 8.94. The topological polar surface area (TPSA) is 79.2 Å². The van der Waals surface area contributed by atoms with E-state index in [9.17, 15) is 9.59 Å². The molecule has 1 N–H and O–H groups in total. The number of rotatable bonds is 6. The first kappa shape index (κ1) is 15.7. The molecule has 0 bridgehead atoms. The Labute approximate surface area is 118 Å². The van der Waals surface area contributed by atoms with Crippen LogP contribution in [0.3, 0.4) is 0 Å². The van der Waals surface area contributed by atoms with Crippen LogP contribution in [0.4, 0.5) is 0 Å². The summed E-state index contributed by atoms with van der Waals surface area (Å²) >= 11 is 0. The number of ether oxygens (including phenoxy) is 1. The van der Waals surface area contributed by atoms with Crippen molar-refractivity contribution in [2.45, 2.75) is 32.2 Å². The third-order valence-corrected chi connectivity index (χ3v) is 2.83. The van der Waals surface area contributed by atoms with Gasteiger partial charge in [-0.2, -0.15) is 5.26 Å². The predicted molar refractivity (Wildman–Crippen MR) is 73.7 cm³/mol. The smallest absolute Gasteiger partial charge is 0.307 e. The third-order valence-electron chi connectivity index (χ3n) is 2.83. The first-order valence-electron chi connectivity index (χ1n) is 6.40. The number of carbonyl (C=O) groups is 2. The van der Waals surface area contributed by atoms with Crippen molar-refractivity contribution in [1.82, 2.24) is 5.32 Å². The minimum atomic E-state index is -0.343. The zero-order chi connectivity index (χ0) is 15.0. The van der Waals surface area contributed by atoms with Crippen molar-refractivity contribution >= 4 is 11.9 Å². The number of nitriles is 1. The fourth-order valence-electron chi connectivity index (χ4n) is 1.74. The molecule has 0 fully saturated rings. The molecule has 1 rings (SSSR count). The number of methoxy groups -OCH3 is 1. The maximum absolute atomic E-state index is 11.7. The highest BCUT2D eigenvalue weighted by Gasteiger charge is 2.11. The normalized spacial score (nSPS) is 11.2. The van der Waals surface area contributed by atoms with Gasteiger partial charge in [-0.15, -0.1) is 0 Å².